The number of hydrogen-bond acceptors (Lipinski definition) is 5. The van der Waals surface area contributed by atoms with Crippen molar-refractivity contribution in [2.24, 2.45) is 7.05 Å². The normalized spacial score (nSPS) is 15.4. The molecule has 3 heterocycles. The van der Waals surface area contributed by atoms with Crippen molar-refractivity contribution in [3.8, 4) is 0 Å². The number of rotatable bonds is 8. The summed E-state index contributed by atoms with van der Waals surface area (Å²) in [4.78, 5) is 42.1. The molecule has 6 rings (SSSR count). The summed E-state index contributed by atoms with van der Waals surface area (Å²) < 4.78 is 3.78. The molecule has 2 aromatic carbocycles. The van der Waals surface area contributed by atoms with Gasteiger partial charge in [0.25, 0.3) is 17.7 Å². The monoisotopic (exact) mass is 579 g/mol. The Morgan fingerprint density at radius 2 is 1.60 bits per heavy atom. The Labute approximate surface area is 251 Å². The van der Waals surface area contributed by atoms with Crippen molar-refractivity contribution in [3.05, 3.63) is 107 Å². The second-order valence-corrected chi connectivity index (χ2v) is 11.7. The van der Waals surface area contributed by atoms with Crippen molar-refractivity contribution in [2.45, 2.75) is 44.4 Å². The minimum atomic E-state index is -0.267. The van der Waals surface area contributed by atoms with Gasteiger partial charge in [0.05, 0.1) is 5.54 Å². The lowest BCUT2D eigenvalue weighted by Gasteiger charge is -2.53. The van der Waals surface area contributed by atoms with Gasteiger partial charge in [0.1, 0.15) is 5.69 Å². The van der Waals surface area contributed by atoms with Crippen molar-refractivity contribution in [2.75, 3.05) is 26.0 Å². The Kier molecular flexibility index (Phi) is 7.62. The van der Waals surface area contributed by atoms with Crippen LogP contribution in [0.1, 0.15) is 67.4 Å². The minimum Gasteiger partial charge on any atom is -0.347 e. The number of carbonyl (C=O) groups excluding carboxylic acids is 3. The molecule has 2 aromatic heterocycles. The van der Waals surface area contributed by atoms with E-state index in [1.54, 1.807) is 43.0 Å². The smallest absolute Gasteiger partial charge is 0.276 e. The second kappa shape index (κ2) is 11.5. The summed E-state index contributed by atoms with van der Waals surface area (Å²) in [6.45, 7) is 2.79. The topological polar surface area (TPSA) is 105 Å². The van der Waals surface area contributed by atoms with E-state index in [2.05, 4.69) is 43.4 Å². The first-order valence-corrected chi connectivity index (χ1v) is 14.7. The van der Waals surface area contributed by atoms with E-state index in [1.807, 2.05) is 42.5 Å². The number of nitrogens with zero attached hydrogens (tertiary/aromatic N) is 5. The van der Waals surface area contributed by atoms with E-state index < -0.39 is 0 Å². The number of fused-ring (bicyclic) bond motifs is 2. The van der Waals surface area contributed by atoms with E-state index in [0.717, 1.165) is 44.5 Å². The molecule has 1 spiro atoms. The van der Waals surface area contributed by atoms with Crippen molar-refractivity contribution in [1.82, 2.24) is 29.5 Å². The summed E-state index contributed by atoms with van der Waals surface area (Å²) in [5, 5.41) is 10.0. The van der Waals surface area contributed by atoms with Gasteiger partial charge in [-0.05, 0) is 72.9 Å². The number of carbonyl (C=O) groups is 3. The van der Waals surface area contributed by atoms with Gasteiger partial charge in [-0.15, -0.1) is 0 Å². The molecular weight excluding hydrogens is 542 g/mol. The van der Waals surface area contributed by atoms with Crippen LogP contribution in [0.25, 0.3) is 0 Å². The number of aryl methyl sites for hydroxylation is 1. The lowest BCUT2D eigenvalue weighted by molar-refractivity contribution is -0.0217. The van der Waals surface area contributed by atoms with Crippen LogP contribution >= 0.6 is 0 Å². The van der Waals surface area contributed by atoms with E-state index in [1.165, 1.54) is 11.3 Å². The fourth-order valence-corrected chi connectivity index (χ4v) is 6.17. The first-order chi connectivity index (χ1) is 20.7. The SMILES string of the molecule is CN(C)C(=O)c1ccc(CN2CCn3c(C(=O)NCc4ccc(NC(=O)c5ccn(C)n5)cc4)ccc3C23CCC3)cc1. The standard InChI is InChI=1S/C33H37N7O3/c1-37(2)32(43)25-9-5-24(6-10-25)22-39-19-20-40-28(13-14-29(40)33(39)16-4-17-33)31(42)34-21-23-7-11-26(12-8-23)35-30(41)27-15-18-38(3)36-27/h5-15,18H,4,16-17,19-22H2,1-3H3,(H,34,42)(H,35,41). The summed E-state index contributed by atoms with van der Waals surface area (Å²) in [6.07, 6.45) is 5.02. The van der Waals surface area contributed by atoms with Crippen LogP contribution in [0, 0.1) is 0 Å². The van der Waals surface area contributed by atoms with Crippen molar-refractivity contribution in [1.29, 1.82) is 0 Å². The molecule has 1 aliphatic heterocycles. The highest BCUT2D eigenvalue weighted by Crippen LogP contribution is 2.49. The molecule has 1 aliphatic carbocycles. The van der Waals surface area contributed by atoms with Crippen LogP contribution < -0.4 is 10.6 Å². The number of aromatic nitrogens is 3. The first kappa shape index (κ1) is 28.4. The van der Waals surface area contributed by atoms with Crippen LogP contribution in [-0.2, 0) is 32.2 Å². The number of anilines is 1. The third kappa shape index (κ3) is 5.58. The Balaban J connectivity index is 1.08. The second-order valence-electron chi connectivity index (χ2n) is 11.7. The third-order valence-corrected chi connectivity index (χ3v) is 8.66. The van der Waals surface area contributed by atoms with Gasteiger partial charge in [-0.2, -0.15) is 5.10 Å². The summed E-state index contributed by atoms with van der Waals surface area (Å²) in [6, 6.07) is 21.1. The zero-order chi connectivity index (χ0) is 30.1. The van der Waals surface area contributed by atoms with Gasteiger partial charge in [0.2, 0.25) is 0 Å². The summed E-state index contributed by atoms with van der Waals surface area (Å²) >= 11 is 0. The third-order valence-electron chi connectivity index (χ3n) is 8.66. The Bertz CT molecular complexity index is 1650. The van der Waals surface area contributed by atoms with Gasteiger partial charge in [0.15, 0.2) is 5.69 Å². The van der Waals surface area contributed by atoms with Gasteiger partial charge in [-0.3, -0.25) is 24.0 Å². The molecule has 1 fully saturated rings. The van der Waals surface area contributed by atoms with E-state index in [9.17, 15) is 14.4 Å². The lowest BCUT2D eigenvalue weighted by atomic mass is 9.71. The summed E-state index contributed by atoms with van der Waals surface area (Å²) in [5.74, 6) is -0.356. The van der Waals surface area contributed by atoms with Gasteiger partial charge in [-0.25, -0.2) is 0 Å². The number of amides is 3. The molecule has 1 saturated carbocycles. The molecule has 0 unspecified atom stereocenters. The zero-order valence-corrected chi connectivity index (χ0v) is 24.8. The van der Waals surface area contributed by atoms with E-state index in [-0.39, 0.29) is 23.3 Å². The first-order valence-electron chi connectivity index (χ1n) is 14.7. The molecule has 2 aliphatic rings. The van der Waals surface area contributed by atoms with E-state index in [4.69, 9.17) is 0 Å². The van der Waals surface area contributed by atoms with Crippen LogP contribution in [0.3, 0.4) is 0 Å². The maximum absolute atomic E-state index is 13.3. The number of nitrogens with one attached hydrogen (secondary N) is 2. The predicted octanol–water partition coefficient (Wildman–Crippen LogP) is 4.00. The van der Waals surface area contributed by atoms with Gasteiger partial charge < -0.3 is 20.1 Å². The van der Waals surface area contributed by atoms with Crippen molar-refractivity contribution in [3.63, 3.8) is 0 Å². The van der Waals surface area contributed by atoms with E-state index in [0.29, 0.717) is 29.2 Å². The molecular formula is C33H37N7O3. The molecule has 0 atom stereocenters. The van der Waals surface area contributed by atoms with E-state index >= 15 is 0 Å². The fraction of sp³-hybridized carbons (Fsp3) is 0.333. The molecule has 10 nitrogen and oxygen atoms in total. The number of benzene rings is 2. The largest absolute Gasteiger partial charge is 0.347 e. The van der Waals surface area contributed by atoms with Gasteiger partial charge in [-0.1, -0.05) is 24.3 Å². The summed E-state index contributed by atoms with van der Waals surface area (Å²) in [5.41, 5.74) is 5.67. The maximum Gasteiger partial charge on any atom is 0.276 e. The highest BCUT2D eigenvalue weighted by Gasteiger charge is 2.48. The quantitative estimate of drug-likeness (QED) is 0.329. The molecule has 0 radical (unpaired) electrons. The van der Waals surface area contributed by atoms with Crippen molar-refractivity contribution < 1.29 is 14.4 Å². The van der Waals surface area contributed by atoms with Crippen LogP contribution in [0.2, 0.25) is 0 Å². The minimum absolute atomic E-state index is 0.00531. The molecule has 3 amide bonds. The predicted molar refractivity (Wildman–Crippen MR) is 164 cm³/mol. The molecule has 0 saturated heterocycles. The molecule has 0 bridgehead atoms. The fourth-order valence-electron chi connectivity index (χ4n) is 6.17. The van der Waals surface area contributed by atoms with Crippen LogP contribution in [0.15, 0.2) is 72.9 Å². The average Bonchev–Trinajstić information content (AvgIpc) is 3.62. The highest BCUT2D eigenvalue weighted by molar-refractivity contribution is 6.02. The Hall–Kier alpha value is -4.70. The zero-order valence-electron chi connectivity index (χ0n) is 24.8. The highest BCUT2D eigenvalue weighted by atomic mass is 16.2. The molecule has 222 valence electrons. The number of hydrogen-bond donors (Lipinski definition) is 2. The Morgan fingerprint density at radius 1 is 0.884 bits per heavy atom. The summed E-state index contributed by atoms with van der Waals surface area (Å²) in [7, 11) is 5.29. The maximum atomic E-state index is 13.3. The van der Waals surface area contributed by atoms with Crippen molar-refractivity contribution >= 4 is 23.4 Å². The lowest BCUT2D eigenvalue weighted by Crippen LogP contribution is -2.56. The molecule has 43 heavy (non-hydrogen) atoms. The van der Waals surface area contributed by atoms with Gasteiger partial charge >= 0.3 is 0 Å². The molecule has 2 N–H and O–H groups in total. The average molecular weight is 580 g/mol. The van der Waals surface area contributed by atoms with Crippen LogP contribution in [0.5, 0.6) is 0 Å². The van der Waals surface area contributed by atoms with Crippen LogP contribution in [0.4, 0.5) is 5.69 Å². The Morgan fingerprint density at radius 3 is 2.23 bits per heavy atom. The van der Waals surface area contributed by atoms with Gasteiger partial charge in [0, 0.05) is 70.5 Å². The van der Waals surface area contributed by atoms with Crippen LogP contribution in [-0.4, -0.2) is 62.5 Å². The molecule has 4 aromatic rings. The molecule has 10 heteroatoms.